The second-order valence-electron chi connectivity index (χ2n) is 8.21. The lowest BCUT2D eigenvalue weighted by molar-refractivity contribution is 0.0552. The average Bonchev–Trinajstić information content (AvgIpc) is 2.42. The number of piperidine rings is 1. The average molecular weight is 356 g/mol. The van der Waals surface area contributed by atoms with Crippen molar-refractivity contribution < 1.29 is 19.1 Å². The van der Waals surface area contributed by atoms with Crippen molar-refractivity contribution in [2.24, 2.45) is 16.6 Å². The van der Waals surface area contributed by atoms with E-state index in [9.17, 15) is 9.59 Å². The van der Waals surface area contributed by atoms with E-state index in [0.29, 0.717) is 25.6 Å². The molecule has 0 spiro atoms. The van der Waals surface area contributed by atoms with Gasteiger partial charge in [0.2, 0.25) is 5.96 Å². The Morgan fingerprint density at radius 3 is 2.04 bits per heavy atom. The maximum absolute atomic E-state index is 12.1. The summed E-state index contributed by atoms with van der Waals surface area (Å²) in [4.78, 5) is 29.9. The van der Waals surface area contributed by atoms with E-state index in [4.69, 9.17) is 15.2 Å². The van der Waals surface area contributed by atoms with Crippen LogP contribution in [-0.2, 0) is 9.47 Å². The molecular weight excluding hydrogens is 324 g/mol. The summed E-state index contributed by atoms with van der Waals surface area (Å²) in [5.74, 6) is 0.597. The number of hydrogen-bond donors (Lipinski definition) is 2. The van der Waals surface area contributed by atoms with E-state index in [2.05, 4.69) is 10.3 Å². The Bertz CT molecular complexity index is 498. The minimum Gasteiger partial charge on any atom is -0.444 e. The van der Waals surface area contributed by atoms with Crippen LogP contribution in [0, 0.1) is 5.92 Å². The van der Waals surface area contributed by atoms with Gasteiger partial charge >= 0.3 is 12.2 Å². The third-order valence-corrected chi connectivity index (χ3v) is 3.45. The largest absolute Gasteiger partial charge is 0.444 e. The van der Waals surface area contributed by atoms with E-state index in [0.717, 1.165) is 12.8 Å². The number of guanidine groups is 1. The lowest BCUT2D eigenvalue weighted by atomic mass is 9.97. The molecule has 8 heteroatoms. The molecule has 1 aliphatic heterocycles. The molecule has 3 N–H and O–H groups in total. The molecule has 1 fully saturated rings. The van der Waals surface area contributed by atoms with Crippen LogP contribution in [0.4, 0.5) is 9.59 Å². The van der Waals surface area contributed by atoms with Gasteiger partial charge in [-0.15, -0.1) is 4.99 Å². The maximum Gasteiger partial charge on any atom is 0.437 e. The number of nitrogens with zero attached hydrogens (tertiary/aromatic N) is 2. The van der Waals surface area contributed by atoms with Crippen molar-refractivity contribution in [3.63, 3.8) is 0 Å². The van der Waals surface area contributed by atoms with Crippen molar-refractivity contribution in [1.82, 2.24) is 10.2 Å². The quantitative estimate of drug-likeness (QED) is 0.552. The molecular formula is C17H32N4O4. The van der Waals surface area contributed by atoms with Gasteiger partial charge in [-0.05, 0) is 66.8 Å². The SMILES string of the molecule is CC(C)(C)OC(=O)N=C(NC(=O)OC(C)(C)C)N1CCC(CN)CC1. The molecule has 0 saturated carbocycles. The summed E-state index contributed by atoms with van der Waals surface area (Å²) >= 11 is 0. The Balaban J connectivity index is 2.86. The lowest BCUT2D eigenvalue weighted by Crippen LogP contribution is -2.49. The van der Waals surface area contributed by atoms with Crippen molar-refractivity contribution in [3.8, 4) is 0 Å². The fourth-order valence-electron chi connectivity index (χ4n) is 2.32. The first-order valence-corrected chi connectivity index (χ1v) is 8.66. The van der Waals surface area contributed by atoms with Crippen molar-refractivity contribution in [3.05, 3.63) is 0 Å². The number of nitrogens with one attached hydrogen (secondary N) is 1. The van der Waals surface area contributed by atoms with E-state index in [1.165, 1.54) is 0 Å². The van der Waals surface area contributed by atoms with Gasteiger partial charge in [0.15, 0.2) is 0 Å². The van der Waals surface area contributed by atoms with Gasteiger partial charge in [0.1, 0.15) is 11.2 Å². The summed E-state index contributed by atoms with van der Waals surface area (Å²) in [7, 11) is 0. The van der Waals surface area contributed by atoms with Gasteiger partial charge in [-0.2, -0.15) is 0 Å². The zero-order valence-corrected chi connectivity index (χ0v) is 16.2. The minimum atomic E-state index is -0.750. The number of hydrogen-bond acceptors (Lipinski definition) is 5. The van der Waals surface area contributed by atoms with E-state index in [-0.39, 0.29) is 5.96 Å². The van der Waals surface area contributed by atoms with Gasteiger partial charge < -0.3 is 20.1 Å². The number of nitrogens with two attached hydrogens (primary N) is 1. The Kier molecular flexibility index (Phi) is 7.22. The Morgan fingerprint density at radius 2 is 1.60 bits per heavy atom. The predicted octanol–water partition coefficient (Wildman–Crippen LogP) is 2.47. The number of amides is 2. The second kappa shape index (κ2) is 8.51. The molecule has 0 bridgehead atoms. The van der Waals surface area contributed by atoms with Crippen LogP contribution in [0.1, 0.15) is 54.4 Å². The molecule has 1 aliphatic rings. The van der Waals surface area contributed by atoms with Crippen molar-refractivity contribution >= 4 is 18.1 Å². The molecule has 0 aromatic carbocycles. The standard InChI is InChI=1S/C17H32N4O4/c1-16(2,3)24-14(22)19-13(20-15(23)25-17(4,5)6)21-9-7-12(11-18)8-10-21/h12H,7-11,18H2,1-6H3,(H,19,20,22,23). The Labute approximate surface area is 150 Å². The van der Waals surface area contributed by atoms with Crippen LogP contribution in [0.2, 0.25) is 0 Å². The highest BCUT2D eigenvalue weighted by atomic mass is 16.6. The molecule has 0 radical (unpaired) electrons. The molecule has 1 heterocycles. The predicted molar refractivity (Wildman–Crippen MR) is 96.4 cm³/mol. The van der Waals surface area contributed by atoms with Crippen LogP contribution in [0.15, 0.2) is 4.99 Å². The van der Waals surface area contributed by atoms with E-state index >= 15 is 0 Å². The number of likely N-dealkylation sites (tertiary alicyclic amines) is 1. The first-order chi connectivity index (χ1) is 11.4. The first-order valence-electron chi connectivity index (χ1n) is 8.66. The molecule has 1 rings (SSSR count). The zero-order chi connectivity index (χ0) is 19.3. The molecule has 8 nitrogen and oxygen atoms in total. The van der Waals surface area contributed by atoms with Gasteiger partial charge in [0.05, 0.1) is 0 Å². The number of ether oxygens (including phenoxy) is 2. The van der Waals surface area contributed by atoms with Gasteiger partial charge in [-0.25, -0.2) is 9.59 Å². The van der Waals surface area contributed by atoms with Crippen LogP contribution in [0.25, 0.3) is 0 Å². The molecule has 144 valence electrons. The molecule has 1 saturated heterocycles. The summed E-state index contributed by atoms with van der Waals surface area (Å²) < 4.78 is 10.5. The normalized spacial score (nSPS) is 17.2. The smallest absolute Gasteiger partial charge is 0.437 e. The number of carbonyl (C=O) groups excluding carboxylic acids is 2. The summed E-state index contributed by atoms with van der Waals surface area (Å²) in [5.41, 5.74) is 4.40. The highest BCUT2D eigenvalue weighted by Crippen LogP contribution is 2.17. The van der Waals surface area contributed by atoms with Crippen LogP contribution in [0.5, 0.6) is 0 Å². The summed E-state index contributed by atoms with van der Waals surface area (Å²) in [6.07, 6.45) is 0.343. The topological polar surface area (TPSA) is 106 Å². The van der Waals surface area contributed by atoms with E-state index < -0.39 is 23.4 Å². The van der Waals surface area contributed by atoms with Crippen molar-refractivity contribution in [2.45, 2.75) is 65.6 Å². The number of carbonyl (C=O) groups is 2. The van der Waals surface area contributed by atoms with E-state index in [1.54, 1.807) is 41.5 Å². The zero-order valence-electron chi connectivity index (χ0n) is 16.2. The van der Waals surface area contributed by atoms with Crippen LogP contribution < -0.4 is 11.1 Å². The summed E-state index contributed by atoms with van der Waals surface area (Å²) in [5, 5.41) is 2.58. The second-order valence-corrected chi connectivity index (χ2v) is 8.21. The van der Waals surface area contributed by atoms with Crippen LogP contribution in [0.3, 0.4) is 0 Å². The molecule has 0 atom stereocenters. The lowest BCUT2D eigenvalue weighted by Gasteiger charge is -2.33. The fourth-order valence-corrected chi connectivity index (χ4v) is 2.32. The third-order valence-electron chi connectivity index (χ3n) is 3.45. The van der Waals surface area contributed by atoms with Crippen LogP contribution >= 0.6 is 0 Å². The summed E-state index contributed by atoms with van der Waals surface area (Å²) in [6.45, 7) is 12.5. The van der Waals surface area contributed by atoms with Crippen LogP contribution in [-0.4, -0.2) is 53.9 Å². The van der Waals surface area contributed by atoms with Crippen molar-refractivity contribution in [2.75, 3.05) is 19.6 Å². The highest BCUT2D eigenvalue weighted by Gasteiger charge is 2.26. The number of rotatable bonds is 1. The molecule has 0 unspecified atom stereocenters. The van der Waals surface area contributed by atoms with Gasteiger partial charge in [-0.1, -0.05) is 0 Å². The van der Waals surface area contributed by atoms with Crippen molar-refractivity contribution in [1.29, 1.82) is 0 Å². The molecule has 0 aromatic rings. The van der Waals surface area contributed by atoms with Gasteiger partial charge in [-0.3, -0.25) is 5.32 Å². The molecule has 25 heavy (non-hydrogen) atoms. The molecule has 2 amide bonds. The van der Waals surface area contributed by atoms with Gasteiger partial charge in [0, 0.05) is 13.1 Å². The molecule has 0 aliphatic carbocycles. The Morgan fingerprint density at radius 1 is 1.08 bits per heavy atom. The Hall–Kier alpha value is -1.83. The highest BCUT2D eigenvalue weighted by molar-refractivity contribution is 5.98. The minimum absolute atomic E-state index is 0.152. The van der Waals surface area contributed by atoms with E-state index in [1.807, 2.05) is 4.90 Å². The maximum atomic E-state index is 12.1. The first kappa shape index (κ1) is 21.2. The fraction of sp³-hybridized carbons (Fsp3) is 0.824. The summed E-state index contributed by atoms with van der Waals surface area (Å²) in [6, 6.07) is 0. The van der Waals surface area contributed by atoms with Gasteiger partial charge in [0.25, 0.3) is 0 Å². The number of aliphatic imine (C=N–C) groups is 1. The number of alkyl carbamates (subject to hydrolysis) is 1. The monoisotopic (exact) mass is 356 g/mol. The third kappa shape index (κ3) is 8.72. The molecule has 0 aromatic heterocycles.